The molecule has 0 atom stereocenters. The van der Waals surface area contributed by atoms with Gasteiger partial charge in [-0.2, -0.15) is 0 Å². The van der Waals surface area contributed by atoms with E-state index in [4.69, 9.17) is 11.6 Å². The first kappa shape index (κ1) is 13.8. The molecule has 0 saturated heterocycles. The predicted molar refractivity (Wildman–Crippen MR) is 76.3 cm³/mol. The fourth-order valence-corrected chi connectivity index (χ4v) is 2.95. The minimum Gasteiger partial charge on any atom is -0.352 e. The Morgan fingerprint density at radius 3 is 2.83 bits per heavy atom. The topological polar surface area (TPSA) is 42.0 Å². The standard InChI is InChI=1S/C13H16BrClN2O/c14-10-3-1-9(2-4-10)7-17-13(18)11-5-6-16-8-12(11)15/h5-6,8-10H,1-4,7H2,(H,17,18). The molecule has 0 spiro atoms. The lowest BCUT2D eigenvalue weighted by molar-refractivity contribution is 0.0944. The van der Waals surface area contributed by atoms with Crippen molar-refractivity contribution in [1.29, 1.82) is 0 Å². The van der Waals surface area contributed by atoms with Gasteiger partial charge in [-0.05, 0) is 37.7 Å². The first-order valence-corrected chi connectivity index (χ1v) is 7.48. The summed E-state index contributed by atoms with van der Waals surface area (Å²) in [5, 5.41) is 3.36. The third-order valence-electron chi connectivity index (χ3n) is 3.34. The summed E-state index contributed by atoms with van der Waals surface area (Å²) in [4.78, 5) is 16.5. The molecular weight excluding hydrogens is 316 g/mol. The quantitative estimate of drug-likeness (QED) is 0.862. The van der Waals surface area contributed by atoms with E-state index >= 15 is 0 Å². The van der Waals surface area contributed by atoms with E-state index < -0.39 is 0 Å². The number of halogens is 2. The lowest BCUT2D eigenvalue weighted by atomic mass is 9.89. The number of carbonyl (C=O) groups is 1. The van der Waals surface area contributed by atoms with Gasteiger partial charge in [0.1, 0.15) is 0 Å². The monoisotopic (exact) mass is 330 g/mol. The van der Waals surface area contributed by atoms with E-state index in [9.17, 15) is 4.79 Å². The van der Waals surface area contributed by atoms with Crippen molar-refractivity contribution in [2.45, 2.75) is 30.5 Å². The van der Waals surface area contributed by atoms with Crippen molar-refractivity contribution in [3.8, 4) is 0 Å². The molecule has 0 aliphatic heterocycles. The number of pyridine rings is 1. The number of aromatic nitrogens is 1. The average molecular weight is 332 g/mol. The zero-order valence-electron chi connectivity index (χ0n) is 10.0. The summed E-state index contributed by atoms with van der Waals surface area (Å²) >= 11 is 9.56. The third kappa shape index (κ3) is 3.69. The molecule has 1 aromatic rings. The van der Waals surface area contributed by atoms with Crippen LogP contribution < -0.4 is 5.32 Å². The Labute approximate surface area is 120 Å². The largest absolute Gasteiger partial charge is 0.352 e. The molecule has 1 fully saturated rings. The Bertz CT molecular complexity index is 419. The number of nitrogens with one attached hydrogen (secondary N) is 1. The van der Waals surface area contributed by atoms with Crippen LogP contribution in [0.25, 0.3) is 0 Å². The van der Waals surface area contributed by atoms with E-state index in [-0.39, 0.29) is 5.91 Å². The Kier molecular flexibility index (Phi) is 5.01. The summed E-state index contributed by atoms with van der Waals surface area (Å²) in [5.74, 6) is 0.478. The van der Waals surface area contributed by atoms with Crippen molar-refractivity contribution in [1.82, 2.24) is 10.3 Å². The minimum absolute atomic E-state index is 0.108. The maximum atomic E-state index is 11.9. The number of rotatable bonds is 3. The second-order valence-corrected chi connectivity index (χ2v) is 6.39. The Balaban J connectivity index is 1.84. The van der Waals surface area contributed by atoms with Gasteiger partial charge in [0.25, 0.3) is 5.91 Å². The van der Waals surface area contributed by atoms with Gasteiger partial charge in [-0.15, -0.1) is 0 Å². The molecule has 1 aliphatic carbocycles. The van der Waals surface area contributed by atoms with Gasteiger partial charge in [-0.1, -0.05) is 27.5 Å². The summed E-state index contributed by atoms with van der Waals surface area (Å²) in [6, 6.07) is 1.65. The van der Waals surface area contributed by atoms with Crippen molar-refractivity contribution in [3.05, 3.63) is 29.0 Å². The van der Waals surface area contributed by atoms with Gasteiger partial charge in [0.05, 0.1) is 10.6 Å². The maximum Gasteiger partial charge on any atom is 0.252 e. The molecule has 1 aromatic heterocycles. The van der Waals surface area contributed by atoms with Crippen LogP contribution in [-0.4, -0.2) is 22.3 Å². The summed E-state index contributed by atoms with van der Waals surface area (Å²) in [6.07, 6.45) is 7.79. The van der Waals surface area contributed by atoms with Crippen molar-refractivity contribution < 1.29 is 4.79 Å². The molecule has 98 valence electrons. The SMILES string of the molecule is O=C(NCC1CCC(Br)CC1)c1ccncc1Cl. The fraction of sp³-hybridized carbons (Fsp3) is 0.538. The number of hydrogen-bond acceptors (Lipinski definition) is 2. The predicted octanol–water partition coefficient (Wildman–Crippen LogP) is 3.42. The first-order chi connectivity index (χ1) is 8.66. The number of amides is 1. The second-order valence-electron chi connectivity index (χ2n) is 4.68. The van der Waals surface area contributed by atoms with Crippen LogP contribution in [0.3, 0.4) is 0 Å². The molecule has 1 heterocycles. The highest BCUT2D eigenvalue weighted by Crippen LogP contribution is 2.28. The Morgan fingerprint density at radius 1 is 1.44 bits per heavy atom. The van der Waals surface area contributed by atoms with Gasteiger partial charge < -0.3 is 5.32 Å². The van der Waals surface area contributed by atoms with Crippen LogP contribution in [0.2, 0.25) is 5.02 Å². The van der Waals surface area contributed by atoms with Gasteiger partial charge >= 0.3 is 0 Å². The lowest BCUT2D eigenvalue weighted by Gasteiger charge is -2.25. The summed E-state index contributed by atoms with van der Waals surface area (Å²) < 4.78 is 0. The molecule has 3 nitrogen and oxygen atoms in total. The smallest absolute Gasteiger partial charge is 0.252 e. The molecule has 1 N–H and O–H groups in total. The minimum atomic E-state index is -0.108. The Morgan fingerprint density at radius 2 is 2.17 bits per heavy atom. The van der Waals surface area contributed by atoms with Crippen LogP contribution in [0.5, 0.6) is 0 Å². The van der Waals surface area contributed by atoms with Crippen LogP contribution in [0, 0.1) is 5.92 Å². The normalized spacial score (nSPS) is 23.7. The van der Waals surface area contributed by atoms with E-state index in [1.54, 1.807) is 12.3 Å². The Hall–Kier alpha value is -0.610. The summed E-state index contributed by atoms with van der Waals surface area (Å²) in [6.45, 7) is 0.733. The highest BCUT2D eigenvalue weighted by atomic mass is 79.9. The summed E-state index contributed by atoms with van der Waals surface area (Å²) in [5.41, 5.74) is 0.501. The first-order valence-electron chi connectivity index (χ1n) is 6.18. The van der Waals surface area contributed by atoms with E-state index in [2.05, 4.69) is 26.2 Å². The van der Waals surface area contributed by atoms with Crippen LogP contribution in [0.15, 0.2) is 18.5 Å². The fourth-order valence-electron chi connectivity index (χ4n) is 2.22. The van der Waals surface area contributed by atoms with Crippen molar-refractivity contribution >= 4 is 33.4 Å². The molecule has 0 aromatic carbocycles. The highest BCUT2D eigenvalue weighted by Gasteiger charge is 2.20. The van der Waals surface area contributed by atoms with Gasteiger partial charge in [0.2, 0.25) is 0 Å². The van der Waals surface area contributed by atoms with Crippen LogP contribution in [0.1, 0.15) is 36.0 Å². The van der Waals surface area contributed by atoms with E-state index in [0.29, 0.717) is 21.3 Å². The molecule has 5 heteroatoms. The molecule has 1 saturated carbocycles. The number of nitrogens with zero attached hydrogens (tertiary/aromatic N) is 1. The molecule has 18 heavy (non-hydrogen) atoms. The van der Waals surface area contributed by atoms with Crippen molar-refractivity contribution in [2.75, 3.05) is 6.54 Å². The molecule has 1 amide bonds. The number of hydrogen-bond donors (Lipinski definition) is 1. The van der Waals surface area contributed by atoms with Gasteiger partial charge in [0.15, 0.2) is 0 Å². The van der Waals surface area contributed by atoms with E-state index in [0.717, 1.165) is 6.54 Å². The van der Waals surface area contributed by atoms with Crippen molar-refractivity contribution in [3.63, 3.8) is 0 Å². The zero-order chi connectivity index (χ0) is 13.0. The zero-order valence-corrected chi connectivity index (χ0v) is 12.4. The molecule has 2 rings (SSSR count). The average Bonchev–Trinajstić information content (AvgIpc) is 2.38. The van der Waals surface area contributed by atoms with Gasteiger partial charge in [-0.25, -0.2) is 0 Å². The van der Waals surface area contributed by atoms with Gasteiger partial charge in [-0.3, -0.25) is 9.78 Å². The van der Waals surface area contributed by atoms with Gasteiger partial charge in [0, 0.05) is 23.8 Å². The molecular formula is C13H16BrClN2O. The molecule has 1 aliphatic rings. The maximum absolute atomic E-state index is 11.9. The molecule has 0 unspecified atom stereocenters. The number of alkyl halides is 1. The van der Waals surface area contributed by atoms with E-state index in [1.165, 1.54) is 31.9 Å². The number of carbonyl (C=O) groups excluding carboxylic acids is 1. The highest BCUT2D eigenvalue weighted by molar-refractivity contribution is 9.09. The van der Waals surface area contributed by atoms with Crippen LogP contribution >= 0.6 is 27.5 Å². The lowest BCUT2D eigenvalue weighted by Crippen LogP contribution is -2.31. The van der Waals surface area contributed by atoms with E-state index in [1.807, 2.05) is 0 Å². The molecule has 0 bridgehead atoms. The second kappa shape index (κ2) is 6.53. The molecule has 0 radical (unpaired) electrons. The van der Waals surface area contributed by atoms with Crippen LogP contribution in [-0.2, 0) is 0 Å². The summed E-state index contributed by atoms with van der Waals surface area (Å²) in [7, 11) is 0. The van der Waals surface area contributed by atoms with Crippen LogP contribution in [0.4, 0.5) is 0 Å². The third-order valence-corrected chi connectivity index (χ3v) is 4.56. The van der Waals surface area contributed by atoms with Crippen molar-refractivity contribution in [2.24, 2.45) is 5.92 Å².